The molecule has 1 aliphatic heterocycles. The van der Waals surface area contributed by atoms with E-state index in [0.29, 0.717) is 10.6 Å². The molecule has 174 valence electrons. The van der Waals surface area contributed by atoms with Crippen molar-refractivity contribution in [3.05, 3.63) is 58.7 Å². The van der Waals surface area contributed by atoms with Crippen LogP contribution in [0.3, 0.4) is 0 Å². The summed E-state index contributed by atoms with van der Waals surface area (Å²) in [5.74, 6) is -1.93. The summed E-state index contributed by atoms with van der Waals surface area (Å²) >= 11 is 1.28. The number of thiophene rings is 1. The number of nitrogens with one attached hydrogen (secondary N) is 1. The van der Waals surface area contributed by atoms with Crippen LogP contribution in [0.25, 0.3) is 10.1 Å². The zero-order valence-corrected chi connectivity index (χ0v) is 19.3. The molecule has 0 atom stereocenters. The number of benzene rings is 2. The van der Waals surface area contributed by atoms with Gasteiger partial charge in [0.25, 0.3) is 5.91 Å². The summed E-state index contributed by atoms with van der Waals surface area (Å²) in [4.78, 5) is 24.6. The second kappa shape index (κ2) is 9.56. The normalized spacial score (nSPS) is 14.8. The molecule has 0 unspecified atom stereocenters. The van der Waals surface area contributed by atoms with Crippen LogP contribution >= 0.6 is 11.3 Å². The molecule has 0 saturated carbocycles. The van der Waals surface area contributed by atoms with E-state index in [9.17, 15) is 22.4 Å². The Hall–Kier alpha value is -2.86. The molecule has 1 aromatic heterocycles. The molecule has 0 radical (unpaired) electrons. The van der Waals surface area contributed by atoms with Crippen molar-refractivity contribution in [1.29, 1.82) is 0 Å². The molecular formula is C22H21FN2O6S2. The molecule has 0 spiro atoms. The van der Waals surface area contributed by atoms with Crippen LogP contribution in [0.5, 0.6) is 0 Å². The van der Waals surface area contributed by atoms with E-state index in [-0.39, 0.29) is 38.5 Å². The topological polar surface area (TPSA) is 102 Å². The Balaban J connectivity index is 1.56. The van der Waals surface area contributed by atoms with Crippen LogP contribution in [0.2, 0.25) is 0 Å². The number of hydrogen-bond acceptors (Lipinski definition) is 7. The largest absolute Gasteiger partial charge is 0.462 e. The Bertz CT molecular complexity index is 1320. The van der Waals surface area contributed by atoms with E-state index in [2.05, 4.69) is 5.32 Å². The minimum Gasteiger partial charge on any atom is -0.462 e. The van der Waals surface area contributed by atoms with Crippen molar-refractivity contribution < 1.29 is 31.9 Å². The molecule has 1 fully saturated rings. The number of sulfonamides is 1. The summed E-state index contributed by atoms with van der Waals surface area (Å²) in [6.07, 6.45) is 0. The number of amides is 1. The van der Waals surface area contributed by atoms with Gasteiger partial charge in [0.1, 0.15) is 15.6 Å². The molecule has 2 aromatic carbocycles. The fourth-order valence-electron chi connectivity index (χ4n) is 3.40. The quantitative estimate of drug-likeness (QED) is 0.529. The molecule has 1 N–H and O–H groups in total. The smallest absolute Gasteiger partial charge is 0.348 e. The lowest BCUT2D eigenvalue weighted by atomic mass is 10.2. The van der Waals surface area contributed by atoms with Gasteiger partial charge in [-0.1, -0.05) is 0 Å². The summed E-state index contributed by atoms with van der Waals surface area (Å²) in [5, 5.41) is 3.44. The number of fused-ring (bicyclic) bond motifs is 1. The van der Waals surface area contributed by atoms with Crippen LogP contribution in [0.1, 0.15) is 27.0 Å². The van der Waals surface area contributed by atoms with Gasteiger partial charge in [-0.25, -0.2) is 17.6 Å². The van der Waals surface area contributed by atoms with Gasteiger partial charge in [-0.3, -0.25) is 4.79 Å². The number of anilines is 1. The van der Waals surface area contributed by atoms with E-state index < -0.39 is 32.6 Å². The molecule has 8 nitrogen and oxygen atoms in total. The highest BCUT2D eigenvalue weighted by Gasteiger charge is 2.29. The third kappa shape index (κ3) is 4.91. The standard InChI is InChI=1S/C22H21FN2O6S2/c1-2-31-22(27)19-12-15-11-16(4-6-18(15)32-19)24-21(26)14-3-5-17(23)20(13-14)33(28,29)25-7-9-30-10-8-25/h3-6,11-13H,2,7-10H2,1H3,(H,24,26). The number of ether oxygens (including phenoxy) is 2. The number of carbonyl (C=O) groups excluding carboxylic acids is 2. The van der Waals surface area contributed by atoms with Gasteiger partial charge in [0.2, 0.25) is 10.0 Å². The number of hydrogen-bond donors (Lipinski definition) is 1. The van der Waals surface area contributed by atoms with Gasteiger partial charge in [-0.15, -0.1) is 11.3 Å². The predicted molar refractivity (Wildman–Crippen MR) is 122 cm³/mol. The molecule has 0 bridgehead atoms. The van der Waals surface area contributed by atoms with Crippen LogP contribution in [-0.4, -0.2) is 57.5 Å². The van der Waals surface area contributed by atoms with Gasteiger partial charge in [0.05, 0.1) is 19.8 Å². The molecule has 33 heavy (non-hydrogen) atoms. The van der Waals surface area contributed by atoms with E-state index in [4.69, 9.17) is 9.47 Å². The monoisotopic (exact) mass is 492 g/mol. The Labute approximate surface area is 194 Å². The van der Waals surface area contributed by atoms with Crippen LogP contribution in [0.4, 0.5) is 10.1 Å². The van der Waals surface area contributed by atoms with Gasteiger partial charge >= 0.3 is 5.97 Å². The molecule has 4 rings (SSSR count). The lowest BCUT2D eigenvalue weighted by molar-refractivity contribution is 0.0532. The van der Waals surface area contributed by atoms with E-state index in [1.54, 1.807) is 31.2 Å². The van der Waals surface area contributed by atoms with E-state index in [0.717, 1.165) is 26.5 Å². The van der Waals surface area contributed by atoms with Crippen LogP contribution in [0, 0.1) is 5.82 Å². The maximum Gasteiger partial charge on any atom is 0.348 e. The predicted octanol–water partition coefficient (Wildman–Crippen LogP) is 3.49. The van der Waals surface area contributed by atoms with Crippen molar-refractivity contribution in [3.63, 3.8) is 0 Å². The molecule has 1 saturated heterocycles. The highest BCUT2D eigenvalue weighted by Crippen LogP contribution is 2.29. The Morgan fingerprint density at radius 3 is 2.64 bits per heavy atom. The van der Waals surface area contributed by atoms with E-state index in [1.807, 2.05) is 0 Å². The molecular weight excluding hydrogens is 471 g/mol. The molecule has 3 aromatic rings. The molecule has 1 aliphatic rings. The maximum atomic E-state index is 14.4. The number of halogens is 1. The van der Waals surface area contributed by atoms with E-state index in [1.165, 1.54) is 17.4 Å². The fourth-order valence-corrected chi connectivity index (χ4v) is 5.83. The van der Waals surface area contributed by atoms with Crippen LogP contribution in [-0.2, 0) is 19.5 Å². The fraction of sp³-hybridized carbons (Fsp3) is 0.273. The SMILES string of the molecule is CCOC(=O)c1cc2cc(NC(=O)c3ccc(F)c(S(=O)(=O)N4CCOCC4)c3)ccc2s1. The lowest BCUT2D eigenvalue weighted by Crippen LogP contribution is -2.41. The van der Waals surface area contributed by atoms with Crippen molar-refractivity contribution in [2.45, 2.75) is 11.8 Å². The third-order valence-corrected chi connectivity index (χ3v) is 8.04. The minimum absolute atomic E-state index is 0.000799. The zero-order valence-electron chi connectivity index (χ0n) is 17.7. The van der Waals surface area contributed by atoms with Gasteiger partial charge < -0.3 is 14.8 Å². The van der Waals surface area contributed by atoms with Crippen molar-refractivity contribution in [2.75, 3.05) is 38.2 Å². The Morgan fingerprint density at radius 1 is 1.15 bits per heavy atom. The number of morpholine rings is 1. The first-order valence-corrected chi connectivity index (χ1v) is 12.4. The Morgan fingerprint density at radius 2 is 1.91 bits per heavy atom. The van der Waals surface area contributed by atoms with Crippen molar-refractivity contribution >= 4 is 49.0 Å². The first kappa shape index (κ1) is 23.3. The average Bonchev–Trinajstić information content (AvgIpc) is 3.23. The lowest BCUT2D eigenvalue weighted by Gasteiger charge is -2.26. The van der Waals surface area contributed by atoms with Gasteiger partial charge in [0, 0.05) is 29.0 Å². The molecule has 2 heterocycles. The summed E-state index contributed by atoms with van der Waals surface area (Å²) < 4.78 is 52.3. The summed E-state index contributed by atoms with van der Waals surface area (Å²) in [6, 6.07) is 10.0. The van der Waals surface area contributed by atoms with Crippen LogP contribution < -0.4 is 5.32 Å². The molecule has 11 heteroatoms. The van der Waals surface area contributed by atoms with Gasteiger partial charge in [0.15, 0.2) is 0 Å². The van der Waals surface area contributed by atoms with Crippen molar-refractivity contribution in [1.82, 2.24) is 4.31 Å². The highest BCUT2D eigenvalue weighted by molar-refractivity contribution is 7.89. The summed E-state index contributed by atoms with van der Waals surface area (Å²) in [5.41, 5.74) is 0.448. The van der Waals surface area contributed by atoms with E-state index >= 15 is 0 Å². The summed E-state index contributed by atoms with van der Waals surface area (Å²) in [7, 11) is -4.10. The molecule has 1 amide bonds. The highest BCUT2D eigenvalue weighted by atomic mass is 32.2. The van der Waals surface area contributed by atoms with Crippen molar-refractivity contribution in [3.8, 4) is 0 Å². The number of rotatable bonds is 6. The summed E-state index contributed by atoms with van der Waals surface area (Å²) in [6.45, 7) is 2.69. The Kier molecular flexibility index (Phi) is 6.75. The van der Waals surface area contributed by atoms with Gasteiger partial charge in [-0.2, -0.15) is 4.31 Å². The van der Waals surface area contributed by atoms with Crippen LogP contribution in [0.15, 0.2) is 47.4 Å². The van der Waals surface area contributed by atoms with Gasteiger partial charge in [-0.05, 0) is 54.8 Å². The minimum atomic E-state index is -4.10. The third-order valence-electron chi connectivity index (χ3n) is 5.03. The first-order chi connectivity index (χ1) is 15.8. The second-order valence-electron chi connectivity index (χ2n) is 7.20. The first-order valence-electron chi connectivity index (χ1n) is 10.2. The van der Waals surface area contributed by atoms with Crippen molar-refractivity contribution in [2.24, 2.45) is 0 Å². The number of carbonyl (C=O) groups is 2. The molecule has 0 aliphatic carbocycles. The number of nitrogens with zero attached hydrogens (tertiary/aromatic N) is 1. The maximum absolute atomic E-state index is 14.4. The zero-order chi connectivity index (χ0) is 23.6. The second-order valence-corrected chi connectivity index (χ2v) is 10.2. The number of esters is 1. The average molecular weight is 493 g/mol.